The fraction of sp³-hybridized carbons (Fsp3) is 0.208. The fourth-order valence-corrected chi connectivity index (χ4v) is 6.10. The summed E-state index contributed by atoms with van der Waals surface area (Å²) >= 11 is 3.41. The van der Waals surface area contributed by atoms with Gasteiger partial charge in [-0.05, 0) is 137 Å². The first-order valence-corrected chi connectivity index (χ1v) is 26.5. The topological polar surface area (TPSA) is 163 Å². The molecule has 9 nitrogen and oxygen atoms in total. The maximum atomic E-state index is 11.9. The number of rotatable bonds is 7. The summed E-state index contributed by atoms with van der Waals surface area (Å²) in [6, 6.07) is 46.2. The summed E-state index contributed by atoms with van der Waals surface area (Å²) < 4.78 is 0. The van der Waals surface area contributed by atoms with E-state index in [0.717, 1.165) is 17.9 Å². The summed E-state index contributed by atoms with van der Waals surface area (Å²) in [4.78, 5) is 33.9. The van der Waals surface area contributed by atoms with Gasteiger partial charge in [0.05, 0.1) is 0 Å². The second kappa shape index (κ2) is 46.2. The standard InChI is InChI=1S/C13H11NO.C13H19N.C13H13N.C7H8.C6H4ClNO.CH3.Al.4ClH.K.H2N2.H2O.Rh.2H2/c1-10-2-4-11(5-3-10)13(15)12-6-8-14-9-7-12;2*1-11-2-4-12(5-3-11)10-13-6-8-14-9-7-13;1-7-5-3-2-4-6-7;7-6(9)5-1-3-8-4-2-5;;;;;;;;1-2;;;;/h2-9H,1H3;2-5,13-14H,6-10H2,1H3;2-9H,10H2,1H3;2-6H,1H3;1-4H;1H3;;4*1H;;1-2H;1H2;;2*1H/q;;;;;-1;+3;;;;;+1;;;;;/p-4. The number of nitrogens with zero attached hydrogens (tertiary/aromatic N) is 3. The van der Waals surface area contributed by atoms with Crippen LogP contribution >= 0.6 is 54.2 Å². The van der Waals surface area contributed by atoms with E-state index in [1.54, 1.807) is 36.7 Å². The van der Waals surface area contributed by atoms with E-state index in [1.807, 2.05) is 61.8 Å². The number of pyridine rings is 3. The molecule has 4 heterocycles. The Morgan fingerprint density at radius 1 is 0.571 bits per heavy atom. The van der Waals surface area contributed by atoms with Crippen molar-refractivity contribution in [3.8, 4) is 0 Å². The van der Waals surface area contributed by atoms with Crippen LogP contribution in [0.5, 0.6) is 0 Å². The van der Waals surface area contributed by atoms with Crippen LogP contribution in [0.15, 0.2) is 177 Å². The molecule has 0 amide bonds. The molecule has 4 aromatic carbocycles. The van der Waals surface area contributed by atoms with E-state index in [2.05, 4.69) is 114 Å². The number of nitrogens with one attached hydrogen (secondary N) is 3. The summed E-state index contributed by atoms with van der Waals surface area (Å²) in [5.74, 6) is 0.941. The molecule has 0 saturated carbocycles. The van der Waals surface area contributed by atoms with Crippen LogP contribution in [0.2, 0.25) is 0 Å². The van der Waals surface area contributed by atoms with Gasteiger partial charge in [-0.1, -0.05) is 125 Å². The van der Waals surface area contributed by atoms with Gasteiger partial charge >= 0.3 is 62.8 Å². The first-order chi connectivity index (χ1) is 31.4. The van der Waals surface area contributed by atoms with E-state index in [1.165, 1.54) is 78.1 Å². The van der Waals surface area contributed by atoms with Crippen LogP contribution in [0.25, 0.3) is 0 Å². The Kier molecular flexibility index (Phi) is 48.9. The number of piperidine rings is 1. The Bertz CT molecular complexity index is 2330. The molecule has 0 bridgehead atoms. The monoisotopic (exact) mass is 1180 g/mol. The Labute approximate surface area is 502 Å². The van der Waals surface area contributed by atoms with Gasteiger partial charge in [0.15, 0.2) is 5.78 Å². The molecule has 0 spiro atoms. The molecule has 1 radical (unpaired) electrons. The minimum Gasteiger partial charge on any atom is -0.870 e. The Balaban J connectivity index is -0.000000183. The van der Waals surface area contributed by atoms with Crippen molar-refractivity contribution in [2.75, 3.05) is 13.1 Å². The summed E-state index contributed by atoms with van der Waals surface area (Å²) in [7, 11) is 14.8. The quantitative estimate of drug-likeness (QED) is 0.0470. The molecule has 70 heavy (non-hydrogen) atoms. The van der Waals surface area contributed by atoms with Crippen LogP contribution in [-0.2, 0) is 32.3 Å². The Hall–Kier alpha value is -2.57. The summed E-state index contributed by atoms with van der Waals surface area (Å²) in [5, 5.41) is 2.96. The zero-order chi connectivity index (χ0) is 47.7. The zero-order valence-corrected chi connectivity index (χ0v) is 50.3. The fourth-order valence-electron chi connectivity index (χ4n) is 5.98. The van der Waals surface area contributed by atoms with Crippen molar-refractivity contribution >= 4 is 76.6 Å². The third-order valence-corrected chi connectivity index (χ3v) is 9.70. The number of hydrogen-bond donors (Lipinski definition) is 3. The van der Waals surface area contributed by atoms with Gasteiger partial charge in [0.25, 0.3) is 5.24 Å². The summed E-state index contributed by atoms with van der Waals surface area (Å²) in [5.41, 5.74) is 21.2. The predicted octanol–water partition coefficient (Wildman–Crippen LogP) is 12.1. The summed E-state index contributed by atoms with van der Waals surface area (Å²) in [6.45, 7) is 10.7. The van der Waals surface area contributed by atoms with Gasteiger partial charge in [0, 0.05) is 76.2 Å². The molecule has 0 atom stereocenters. The number of aromatic nitrogens is 3. The maximum absolute atomic E-state index is 11.9. The minimum atomic E-state index is -1.72. The molecule has 3 aromatic heterocycles. The molecule has 0 unspecified atom stereocenters. The van der Waals surface area contributed by atoms with Crippen LogP contribution in [0, 0.1) is 52.1 Å². The van der Waals surface area contributed by atoms with E-state index in [-0.39, 0.29) is 105 Å². The van der Waals surface area contributed by atoms with Crippen molar-refractivity contribution in [1.82, 2.24) is 20.3 Å². The third kappa shape index (κ3) is 35.5. The van der Waals surface area contributed by atoms with Crippen molar-refractivity contribution < 1.29 is 88.8 Å². The maximum Gasteiger partial charge on any atom is 1.00 e. The van der Waals surface area contributed by atoms with E-state index in [0.29, 0.717) is 16.7 Å². The first-order valence-electron chi connectivity index (χ1n) is 20.9. The molecule has 1 saturated heterocycles. The van der Waals surface area contributed by atoms with Crippen LogP contribution in [0.3, 0.4) is 0 Å². The largest absolute Gasteiger partial charge is 1.00 e. The molecule has 8 rings (SSSR count). The molecule has 17 heteroatoms. The summed E-state index contributed by atoms with van der Waals surface area (Å²) in [6.07, 6.45) is 14.9. The second-order valence-corrected chi connectivity index (χ2v) is 21.5. The number of halogens is 5. The number of carbonyl (C=O) groups excluding carboxylic acids is 2. The number of aryl methyl sites for hydroxylation is 4. The molecule has 7 aromatic rings. The average molecular weight is 1180 g/mol. The van der Waals surface area contributed by atoms with Crippen LogP contribution in [0.1, 0.15) is 80.9 Å². The molecular formula is C53H66AlCl5KN6O3Rh-. The van der Waals surface area contributed by atoms with Gasteiger partial charge in [-0.2, -0.15) is 0 Å². The third-order valence-electron chi connectivity index (χ3n) is 9.49. The zero-order valence-electron chi connectivity index (χ0n) is 40.5. The van der Waals surface area contributed by atoms with E-state index >= 15 is 0 Å². The molecule has 1 fully saturated rings. The van der Waals surface area contributed by atoms with E-state index in [9.17, 15) is 9.59 Å². The van der Waals surface area contributed by atoms with Gasteiger partial charge in [-0.3, -0.25) is 24.5 Å². The van der Waals surface area contributed by atoms with Crippen molar-refractivity contribution in [3.63, 3.8) is 0 Å². The number of benzene rings is 4. The van der Waals surface area contributed by atoms with Gasteiger partial charge < -0.3 is 18.2 Å². The molecular weight excluding hydrogens is 1110 g/mol. The van der Waals surface area contributed by atoms with E-state index in [4.69, 9.17) is 52.8 Å². The number of carbonyl (C=O) groups is 2. The predicted molar refractivity (Wildman–Crippen MR) is 292 cm³/mol. The average Bonchev–Trinajstić information content (AvgIpc) is 3.33. The normalized spacial score (nSPS) is 10.3. The van der Waals surface area contributed by atoms with Crippen molar-refractivity contribution in [1.29, 1.82) is 11.1 Å². The Morgan fingerprint density at radius 2 is 0.900 bits per heavy atom. The van der Waals surface area contributed by atoms with Gasteiger partial charge in [-0.15, -0.1) is 12.4 Å². The SMILES string of the molecule is Cc1ccc(C(=O)c2ccncc2)cc1.Cc1ccc(CC2CCNCC2)cc1.Cc1ccc(Cc2ccncc2)cc1.Cc1ccccc1.Cl.N=N.O=C(Cl)c1ccncc1.[CH3-].[Cl][Al]([Cl])[Cl].[HH].[HH].[K+].[OH-].[Rh]. The molecule has 4 N–H and O–H groups in total. The second-order valence-electron chi connectivity index (χ2n) is 14.7. The number of ketones is 1. The minimum absolute atomic E-state index is 0. The smallest absolute Gasteiger partial charge is 0.870 e. The molecule has 1 aliphatic heterocycles. The Morgan fingerprint density at radius 3 is 1.27 bits per heavy atom. The van der Waals surface area contributed by atoms with Crippen molar-refractivity contribution in [3.05, 3.63) is 240 Å². The first kappa shape index (κ1) is 74.0. The number of hydrogen-bond acceptors (Lipinski definition) is 9. The molecule has 1 aliphatic rings. The van der Waals surface area contributed by atoms with Gasteiger partial charge in [-0.25, -0.2) is 41.2 Å². The van der Waals surface area contributed by atoms with Crippen molar-refractivity contribution in [2.45, 2.75) is 53.4 Å². The van der Waals surface area contributed by atoms with Gasteiger partial charge in [0.2, 0.25) is 0 Å². The van der Waals surface area contributed by atoms with Crippen LogP contribution in [-0.4, -0.2) is 55.9 Å². The van der Waals surface area contributed by atoms with Crippen molar-refractivity contribution in [2.24, 2.45) is 5.92 Å². The van der Waals surface area contributed by atoms with E-state index < -0.39 is 16.6 Å². The molecule has 375 valence electrons. The van der Waals surface area contributed by atoms with Crippen LogP contribution < -0.4 is 56.7 Å². The van der Waals surface area contributed by atoms with Crippen LogP contribution in [0.4, 0.5) is 0 Å². The molecule has 0 aliphatic carbocycles. The van der Waals surface area contributed by atoms with Gasteiger partial charge in [0.1, 0.15) is 0 Å².